The molecule has 7 heteroatoms. The highest BCUT2D eigenvalue weighted by molar-refractivity contribution is 9.10. The number of aromatic nitrogens is 1. The summed E-state index contributed by atoms with van der Waals surface area (Å²) >= 11 is 10.8. The van der Waals surface area contributed by atoms with Gasteiger partial charge in [0.05, 0.1) is 21.3 Å². The van der Waals surface area contributed by atoms with Gasteiger partial charge in [0.1, 0.15) is 5.75 Å². The van der Waals surface area contributed by atoms with Crippen molar-refractivity contribution in [2.24, 2.45) is 0 Å². The Labute approximate surface area is 156 Å². The molecule has 2 aromatic carbocycles. The van der Waals surface area contributed by atoms with Crippen LogP contribution in [0.2, 0.25) is 5.02 Å². The largest absolute Gasteiger partial charge is 0.492 e. The van der Waals surface area contributed by atoms with Gasteiger partial charge < -0.3 is 4.74 Å². The molecule has 1 aromatic heterocycles. The molecule has 0 saturated heterocycles. The van der Waals surface area contributed by atoms with E-state index in [4.69, 9.17) is 16.3 Å². The van der Waals surface area contributed by atoms with Crippen LogP contribution in [0, 0.1) is 0 Å². The van der Waals surface area contributed by atoms with E-state index < -0.39 is 0 Å². The minimum atomic E-state index is -0.220. The minimum absolute atomic E-state index is 0.220. The minimum Gasteiger partial charge on any atom is -0.492 e. The van der Waals surface area contributed by atoms with E-state index in [0.29, 0.717) is 22.3 Å². The lowest BCUT2D eigenvalue weighted by Crippen LogP contribution is -2.11. The second kappa shape index (κ2) is 7.51. The van der Waals surface area contributed by atoms with Gasteiger partial charge in [0.2, 0.25) is 0 Å². The predicted molar refractivity (Wildman–Crippen MR) is 103 cm³/mol. The zero-order valence-electron chi connectivity index (χ0n) is 12.8. The summed E-state index contributed by atoms with van der Waals surface area (Å²) in [5.41, 5.74) is 1.34. The van der Waals surface area contributed by atoms with E-state index in [0.717, 1.165) is 26.9 Å². The molecular formula is C17H14BrClN2O2S. The third-order valence-electron chi connectivity index (χ3n) is 3.23. The van der Waals surface area contributed by atoms with Crippen LogP contribution >= 0.6 is 38.9 Å². The first kappa shape index (κ1) is 17.2. The summed E-state index contributed by atoms with van der Waals surface area (Å²) in [6.45, 7) is 2.68. The fourth-order valence-electron chi connectivity index (χ4n) is 2.09. The van der Waals surface area contributed by atoms with Crippen LogP contribution in [0.3, 0.4) is 0 Å². The molecule has 0 saturated carbocycles. The van der Waals surface area contributed by atoms with Crippen molar-refractivity contribution in [1.29, 1.82) is 0 Å². The van der Waals surface area contributed by atoms with Crippen LogP contribution in [-0.4, -0.2) is 17.5 Å². The summed E-state index contributed by atoms with van der Waals surface area (Å²) < 4.78 is 7.27. The van der Waals surface area contributed by atoms with Gasteiger partial charge in [0.25, 0.3) is 5.91 Å². The maximum atomic E-state index is 12.4. The maximum absolute atomic E-state index is 12.4. The molecule has 0 spiro atoms. The number of ether oxygens (including phenoxy) is 1. The molecule has 0 radical (unpaired) electrons. The number of anilines is 1. The molecule has 4 nitrogen and oxygen atoms in total. The van der Waals surface area contributed by atoms with E-state index in [2.05, 4.69) is 26.2 Å². The summed E-state index contributed by atoms with van der Waals surface area (Å²) in [4.78, 5) is 16.8. The lowest BCUT2D eigenvalue weighted by molar-refractivity contribution is 0.102. The molecule has 124 valence electrons. The van der Waals surface area contributed by atoms with E-state index in [1.54, 1.807) is 24.3 Å². The average molecular weight is 426 g/mol. The normalized spacial score (nSPS) is 10.8. The lowest BCUT2D eigenvalue weighted by atomic mass is 10.2. The molecule has 1 heterocycles. The summed E-state index contributed by atoms with van der Waals surface area (Å²) in [5.74, 6) is 0.505. The Morgan fingerprint density at radius 3 is 2.92 bits per heavy atom. The first-order valence-corrected chi connectivity index (χ1v) is 9.35. The van der Waals surface area contributed by atoms with Gasteiger partial charge in [-0.2, -0.15) is 0 Å². The fourth-order valence-corrected chi connectivity index (χ4v) is 3.72. The van der Waals surface area contributed by atoms with Crippen molar-refractivity contribution >= 4 is 60.1 Å². The van der Waals surface area contributed by atoms with Crippen molar-refractivity contribution in [2.75, 3.05) is 11.9 Å². The van der Waals surface area contributed by atoms with Gasteiger partial charge in [-0.25, -0.2) is 4.98 Å². The van der Waals surface area contributed by atoms with Crippen LogP contribution in [0.5, 0.6) is 5.75 Å². The number of rotatable bonds is 5. The standard InChI is InChI=1S/C17H14BrClN2O2S/c1-2-7-23-14-6-3-10(8-12(14)18)16(22)21-17-20-13-5-4-11(19)9-15(13)24-17/h3-6,8-9H,2,7H2,1H3,(H,20,21,22). The first-order chi connectivity index (χ1) is 11.6. The topological polar surface area (TPSA) is 51.2 Å². The summed E-state index contributed by atoms with van der Waals surface area (Å²) in [7, 11) is 0. The highest BCUT2D eigenvalue weighted by Gasteiger charge is 2.12. The quantitative estimate of drug-likeness (QED) is 0.566. The van der Waals surface area contributed by atoms with E-state index >= 15 is 0 Å². The molecule has 0 fully saturated rings. The third kappa shape index (κ3) is 3.88. The molecule has 1 amide bonds. The molecule has 0 bridgehead atoms. The molecule has 0 aliphatic carbocycles. The SMILES string of the molecule is CCCOc1ccc(C(=O)Nc2nc3ccc(Cl)cc3s2)cc1Br. The number of hydrogen-bond acceptors (Lipinski definition) is 4. The smallest absolute Gasteiger partial charge is 0.257 e. The molecular weight excluding hydrogens is 412 g/mol. The molecule has 3 aromatic rings. The second-order valence-electron chi connectivity index (χ2n) is 5.08. The summed E-state index contributed by atoms with van der Waals surface area (Å²) in [6, 6.07) is 10.7. The number of benzene rings is 2. The monoisotopic (exact) mass is 424 g/mol. The fraction of sp³-hybridized carbons (Fsp3) is 0.176. The van der Waals surface area contributed by atoms with Gasteiger partial charge in [0, 0.05) is 10.6 Å². The van der Waals surface area contributed by atoms with Gasteiger partial charge in [0.15, 0.2) is 5.13 Å². The first-order valence-electron chi connectivity index (χ1n) is 7.36. The van der Waals surface area contributed by atoms with E-state index in [1.165, 1.54) is 11.3 Å². The number of halogens is 2. The van der Waals surface area contributed by atoms with Crippen molar-refractivity contribution in [3.63, 3.8) is 0 Å². The highest BCUT2D eigenvalue weighted by Crippen LogP contribution is 2.30. The Hall–Kier alpha value is -1.63. The van der Waals surface area contributed by atoms with Gasteiger partial charge in [-0.1, -0.05) is 29.9 Å². The zero-order valence-corrected chi connectivity index (χ0v) is 16.0. The van der Waals surface area contributed by atoms with Crippen LogP contribution in [0.1, 0.15) is 23.7 Å². The van der Waals surface area contributed by atoms with Crippen molar-refractivity contribution < 1.29 is 9.53 Å². The van der Waals surface area contributed by atoms with Crippen molar-refractivity contribution in [2.45, 2.75) is 13.3 Å². The Kier molecular flexibility index (Phi) is 5.38. The number of thiazole rings is 1. The number of nitrogens with zero attached hydrogens (tertiary/aromatic N) is 1. The second-order valence-corrected chi connectivity index (χ2v) is 7.40. The Bertz CT molecular complexity index is 897. The van der Waals surface area contributed by atoms with Crippen molar-refractivity contribution in [3.8, 4) is 5.75 Å². The number of nitrogens with one attached hydrogen (secondary N) is 1. The van der Waals surface area contributed by atoms with Crippen LogP contribution in [0.15, 0.2) is 40.9 Å². The number of fused-ring (bicyclic) bond motifs is 1. The lowest BCUT2D eigenvalue weighted by Gasteiger charge is -2.08. The molecule has 0 unspecified atom stereocenters. The maximum Gasteiger partial charge on any atom is 0.257 e. The number of carbonyl (C=O) groups is 1. The molecule has 0 aliphatic heterocycles. The van der Waals surface area contributed by atoms with Crippen molar-refractivity contribution in [1.82, 2.24) is 4.98 Å². The summed E-state index contributed by atoms with van der Waals surface area (Å²) in [5, 5.41) is 4.01. The molecule has 0 aliphatic rings. The van der Waals surface area contributed by atoms with E-state index in [9.17, 15) is 4.79 Å². The Balaban J connectivity index is 1.77. The van der Waals surface area contributed by atoms with Crippen molar-refractivity contribution in [3.05, 3.63) is 51.5 Å². The Morgan fingerprint density at radius 2 is 2.17 bits per heavy atom. The number of hydrogen-bond donors (Lipinski definition) is 1. The van der Waals surface area contributed by atoms with Gasteiger partial charge >= 0.3 is 0 Å². The molecule has 0 atom stereocenters. The highest BCUT2D eigenvalue weighted by atomic mass is 79.9. The third-order valence-corrected chi connectivity index (χ3v) is 5.02. The van der Waals surface area contributed by atoms with Gasteiger partial charge in [-0.3, -0.25) is 10.1 Å². The molecule has 24 heavy (non-hydrogen) atoms. The van der Waals surface area contributed by atoms with Gasteiger partial charge in [-0.05, 0) is 58.7 Å². The number of carbonyl (C=O) groups excluding carboxylic acids is 1. The van der Waals surface area contributed by atoms with Crippen LogP contribution in [0.25, 0.3) is 10.2 Å². The predicted octanol–water partition coefficient (Wildman–Crippen LogP) is 5.75. The molecule has 1 N–H and O–H groups in total. The average Bonchev–Trinajstić information content (AvgIpc) is 2.94. The van der Waals surface area contributed by atoms with Crippen LogP contribution in [0.4, 0.5) is 5.13 Å². The zero-order chi connectivity index (χ0) is 17.1. The van der Waals surface area contributed by atoms with E-state index in [-0.39, 0.29) is 5.91 Å². The molecule has 3 rings (SSSR count). The number of amides is 1. The van der Waals surface area contributed by atoms with Gasteiger partial charge in [-0.15, -0.1) is 0 Å². The van der Waals surface area contributed by atoms with Crippen LogP contribution < -0.4 is 10.1 Å². The summed E-state index contributed by atoms with van der Waals surface area (Å²) in [6.07, 6.45) is 0.927. The van der Waals surface area contributed by atoms with E-state index in [1.807, 2.05) is 19.1 Å². The Morgan fingerprint density at radius 1 is 1.33 bits per heavy atom. The van der Waals surface area contributed by atoms with Crippen LogP contribution in [-0.2, 0) is 0 Å².